The number of carbonyl (C=O) groups is 3. The molecule has 0 unspecified atom stereocenters. The van der Waals surface area contributed by atoms with Gasteiger partial charge in [-0.05, 0) is 17.7 Å². The van der Waals surface area contributed by atoms with Gasteiger partial charge in [0.1, 0.15) is 12.6 Å². The van der Waals surface area contributed by atoms with Gasteiger partial charge in [0.15, 0.2) is 0 Å². The summed E-state index contributed by atoms with van der Waals surface area (Å²) in [6, 6.07) is 4.71. The molecule has 0 fully saturated rings. The fourth-order valence-corrected chi connectivity index (χ4v) is 1.59. The Labute approximate surface area is 115 Å². The van der Waals surface area contributed by atoms with Crippen molar-refractivity contribution in [2.75, 3.05) is 13.7 Å². The molecule has 1 amide bonds. The molecule has 7 nitrogen and oxygen atoms in total. The summed E-state index contributed by atoms with van der Waals surface area (Å²) < 4.78 is 4.61. The van der Waals surface area contributed by atoms with Gasteiger partial charge in [0.2, 0.25) is 5.91 Å². The van der Waals surface area contributed by atoms with Crippen molar-refractivity contribution in [1.82, 2.24) is 5.32 Å². The number of aromatic carboxylic acids is 1. The van der Waals surface area contributed by atoms with Crippen molar-refractivity contribution in [2.24, 2.45) is 0 Å². The zero-order chi connectivity index (χ0) is 15.1. The number of methoxy groups -OCH3 is 1. The number of ether oxygens (including phenoxy) is 1. The lowest BCUT2D eigenvalue weighted by Gasteiger charge is -2.14. The fourth-order valence-electron chi connectivity index (χ4n) is 1.59. The van der Waals surface area contributed by atoms with Gasteiger partial charge >= 0.3 is 11.9 Å². The van der Waals surface area contributed by atoms with E-state index >= 15 is 0 Å². The molecule has 1 aromatic carbocycles. The van der Waals surface area contributed by atoms with Gasteiger partial charge < -0.3 is 20.3 Å². The molecular formula is C13H15NO6. The highest BCUT2D eigenvalue weighted by molar-refractivity contribution is 5.87. The summed E-state index contributed by atoms with van der Waals surface area (Å²) >= 11 is 0. The third-order valence-corrected chi connectivity index (χ3v) is 2.55. The molecule has 0 bridgehead atoms. The van der Waals surface area contributed by atoms with Gasteiger partial charge in [-0.1, -0.05) is 12.1 Å². The van der Waals surface area contributed by atoms with Gasteiger partial charge in [0.25, 0.3) is 0 Å². The van der Waals surface area contributed by atoms with E-state index in [4.69, 9.17) is 10.2 Å². The standard InChI is InChI=1S/C13H15NO6/c1-20-7-11(15)14-10(13(18)19)6-8-2-4-9(5-3-8)12(16)17/h2-5,10H,6-7H2,1H3,(H,14,15)(H,16,17)(H,18,19)/t10-/m0/s1. The smallest absolute Gasteiger partial charge is 0.335 e. The van der Waals surface area contributed by atoms with E-state index in [0.29, 0.717) is 5.56 Å². The maximum Gasteiger partial charge on any atom is 0.335 e. The summed E-state index contributed by atoms with van der Waals surface area (Å²) in [6.07, 6.45) is 0.0602. The molecule has 1 aromatic rings. The molecule has 20 heavy (non-hydrogen) atoms. The molecular weight excluding hydrogens is 266 g/mol. The highest BCUT2D eigenvalue weighted by atomic mass is 16.5. The Balaban J connectivity index is 2.72. The molecule has 3 N–H and O–H groups in total. The van der Waals surface area contributed by atoms with Crippen LogP contribution in [0.5, 0.6) is 0 Å². The number of carbonyl (C=O) groups excluding carboxylic acids is 1. The first-order chi connectivity index (χ1) is 9.43. The first kappa shape index (κ1) is 15.6. The van der Waals surface area contributed by atoms with Gasteiger partial charge in [0.05, 0.1) is 5.56 Å². The minimum absolute atomic E-state index is 0.0602. The van der Waals surface area contributed by atoms with Crippen LogP contribution in [0.2, 0.25) is 0 Å². The van der Waals surface area contributed by atoms with Crippen LogP contribution in [-0.4, -0.2) is 47.8 Å². The van der Waals surface area contributed by atoms with Gasteiger partial charge in [-0.3, -0.25) is 4.79 Å². The molecule has 0 aliphatic carbocycles. The Morgan fingerprint density at radius 3 is 2.25 bits per heavy atom. The summed E-state index contributed by atoms with van der Waals surface area (Å²) in [6.45, 7) is -0.221. The van der Waals surface area contributed by atoms with Crippen LogP contribution in [0.15, 0.2) is 24.3 Å². The van der Waals surface area contributed by atoms with Gasteiger partial charge in [-0.15, -0.1) is 0 Å². The van der Waals surface area contributed by atoms with Crippen LogP contribution in [0.4, 0.5) is 0 Å². The predicted molar refractivity (Wildman–Crippen MR) is 68.5 cm³/mol. The maximum atomic E-state index is 11.3. The molecule has 0 saturated carbocycles. The van der Waals surface area contributed by atoms with Crippen LogP contribution in [-0.2, 0) is 20.7 Å². The van der Waals surface area contributed by atoms with Crippen molar-refractivity contribution in [3.05, 3.63) is 35.4 Å². The molecule has 1 atom stereocenters. The van der Waals surface area contributed by atoms with Crippen LogP contribution in [0.3, 0.4) is 0 Å². The van der Waals surface area contributed by atoms with E-state index in [-0.39, 0.29) is 18.6 Å². The number of aliphatic carboxylic acids is 1. The van der Waals surface area contributed by atoms with Crippen molar-refractivity contribution in [1.29, 1.82) is 0 Å². The Morgan fingerprint density at radius 1 is 1.20 bits per heavy atom. The molecule has 0 heterocycles. The first-order valence-corrected chi connectivity index (χ1v) is 5.77. The van der Waals surface area contributed by atoms with Crippen molar-refractivity contribution in [3.8, 4) is 0 Å². The van der Waals surface area contributed by atoms with Crippen molar-refractivity contribution in [2.45, 2.75) is 12.5 Å². The van der Waals surface area contributed by atoms with E-state index in [1.165, 1.54) is 31.4 Å². The van der Waals surface area contributed by atoms with Crippen LogP contribution in [0.25, 0.3) is 0 Å². The highest BCUT2D eigenvalue weighted by Crippen LogP contribution is 2.07. The van der Waals surface area contributed by atoms with E-state index in [0.717, 1.165) is 0 Å². The molecule has 0 aromatic heterocycles. The lowest BCUT2D eigenvalue weighted by atomic mass is 10.0. The Bertz CT molecular complexity index is 496. The average Bonchev–Trinajstić information content (AvgIpc) is 2.38. The van der Waals surface area contributed by atoms with Crippen molar-refractivity contribution in [3.63, 3.8) is 0 Å². The second kappa shape index (κ2) is 7.25. The quantitative estimate of drug-likeness (QED) is 0.655. The van der Waals surface area contributed by atoms with Crippen LogP contribution < -0.4 is 5.32 Å². The van der Waals surface area contributed by atoms with Crippen LogP contribution in [0, 0.1) is 0 Å². The van der Waals surface area contributed by atoms with Crippen LogP contribution in [0.1, 0.15) is 15.9 Å². The molecule has 0 radical (unpaired) electrons. The minimum Gasteiger partial charge on any atom is -0.480 e. The number of hydrogen-bond donors (Lipinski definition) is 3. The zero-order valence-electron chi connectivity index (χ0n) is 10.8. The molecule has 0 aliphatic rings. The highest BCUT2D eigenvalue weighted by Gasteiger charge is 2.20. The van der Waals surface area contributed by atoms with Crippen molar-refractivity contribution < 1.29 is 29.3 Å². The van der Waals surface area contributed by atoms with E-state index in [9.17, 15) is 14.4 Å². The second-order valence-corrected chi connectivity index (χ2v) is 4.10. The third kappa shape index (κ3) is 4.69. The predicted octanol–water partition coefficient (Wildman–Crippen LogP) is 0.143. The molecule has 0 aliphatic heterocycles. The Morgan fingerprint density at radius 2 is 1.80 bits per heavy atom. The number of nitrogens with one attached hydrogen (secondary N) is 1. The molecule has 0 saturated heterocycles. The largest absolute Gasteiger partial charge is 0.480 e. The number of hydrogen-bond acceptors (Lipinski definition) is 4. The topological polar surface area (TPSA) is 113 Å². The van der Waals surface area contributed by atoms with E-state index in [1.807, 2.05) is 0 Å². The molecule has 108 valence electrons. The van der Waals surface area contributed by atoms with Gasteiger partial charge in [-0.25, -0.2) is 9.59 Å². The van der Waals surface area contributed by atoms with E-state index < -0.39 is 23.9 Å². The Kier molecular flexibility index (Phi) is 5.67. The normalized spacial score (nSPS) is 11.7. The van der Waals surface area contributed by atoms with E-state index in [2.05, 4.69) is 10.1 Å². The zero-order valence-corrected chi connectivity index (χ0v) is 10.8. The maximum absolute atomic E-state index is 11.3. The lowest BCUT2D eigenvalue weighted by molar-refractivity contribution is -0.142. The summed E-state index contributed by atoms with van der Waals surface area (Å²) in [5, 5.41) is 20.1. The number of carboxylic acid groups (broad SMARTS) is 2. The molecule has 0 spiro atoms. The third-order valence-electron chi connectivity index (χ3n) is 2.55. The average molecular weight is 281 g/mol. The van der Waals surface area contributed by atoms with E-state index in [1.54, 1.807) is 0 Å². The SMILES string of the molecule is COCC(=O)N[C@@H](Cc1ccc(C(=O)O)cc1)C(=O)O. The molecule has 1 rings (SSSR count). The monoisotopic (exact) mass is 281 g/mol. The molecule has 7 heteroatoms. The van der Waals surface area contributed by atoms with Gasteiger partial charge in [-0.2, -0.15) is 0 Å². The fraction of sp³-hybridized carbons (Fsp3) is 0.308. The summed E-state index contributed by atoms with van der Waals surface area (Å²) in [4.78, 5) is 33.1. The first-order valence-electron chi connectivity index (χ1n) is 5.77. The number of carboxylic acids is 2. The second-order valence-electron chi connectivity index (χ2n) is 4.10. The van der Waals surface area contributed by atoms with Gasteiger partial charge in [0, 0.05) is 13.5 Å². The Hall–Kier alpha value is -2.41. The summed E-state index contributed by atoms with van der Waals surface area (Å²) in [5.74, 6) is -2.75. The number of amides is 1. The minimum atomic E-state index is -1.17. The van der Waals surface area contributed by atoms with Crippen LogP contribution >= 0.6 is 0 Å². The lowest BCUT2D eigenvalue weighted by Crippen LogP contribution is -2.43. The van der Waals surface area contributed by atoms with Crippen molar-refractivity contribution >= 4 is 17.8 Å². The summed E-state index contributed by atoms with van der Waals surface area (Å²) in [5.41, 5.74) is 0.726. The number of rotatable bonds is 7. The number of benzene rings is 1. The summed E-state index contributed by atoms with van der Waals surface area (Å²) in [7, 11) is 1.33.